The second kappa shape index (κ2) is 9.41. The molecule has 0 aromatic heterocycles. The molecule has 0 spiro atoms. The van der Waals surface area contributed by atoms with Crippen LogP contribution >= 0.6 is 0 Å². The molecule has 156 valence electrons. The molecule has 29 heavy (non-hydrogen) atoms. The average molecular weight is 417 g/mol. The van der Waals surface area contributed by atoms with Gasteiger partial charge in [-0.2, -0.15) is 0 Å². The molecular formula is C22H28N2O4S. The lowest BCUT2D eigenvalue weighted by atomic mass is 9.97. The van der Waals surface area contributed by atoms with E-state index in [1.54, 1.807) is 17.9 Å². The Morgan fingerprint density at radius 3 is 2.48 bits per heavy atom. The van der Waals surface area contributed by atoms with Crippen LogP contribution in [0.4, 0.5) is 0 Å². The van der Waals surface area contributed by atoms with Gasteiger partial charge in [-0.15, -0.1) is 0 Å². The summed E-state index contributed by atoms with van der Waals surface area (Å²) in [4.78, 5) is 14.5. The number of aryl methyl sites for hydroxylation is 2. The summed E-state index contributed by atoms with van der Waals surface area (Å²) in [6.07, 6.45) is 1.54. The Morgan fingerprint density at radius 1 is 1.10 bits per heavy atom. The number of benzene rings is 2. The summed E-state index contributed by atoms with van der Waals surface area (Å²) in [5, 5.41) is 0. The van der Waals surface area contributed by atoms with Gasteiger partial charge in [-0.25, -0.2) is 13.1 Å². The van der Waals surface area contributed by atoms with E-state index in [1.165, 1.54) is 0 Å². The predicted molar refractivity (Wildman–Crippen MR) is 112 cm³/mol. The Labute approximate surface area is 172 Å². The van der Waals surface area contributed by atoms with Crippen molar-refractivity contribution in [2.24, 2.45) is 5.92 Å². The van der Waals surface area contributed by atoms with Crippen LogP contribution in [-0.2, 0) is 14.8 Å². The molecule has 0 atom stereocenters. The van der Waals surface area contributed by atoms with Gasteiger partial charge in [0.15, 0.2) is 6.61 Å². The highest BCUT2D eigenvalue weighted by Crippen LogP contribution is 2.20. The molecule has 1 aliphatic heterocycles. The monoisotopic (exact) mass is 416 g/mol. The van der Waals surface area contributed by atoms with Crippen molar-refractivity contribution < 1.29 is 17.9 Å². The van der Waals surface area contributed by atoms with E-state index in [0.29, 0.717) is 30.3 Å². The number of ether oxygens (including phenoxy) is 1. The average Bonchev–Trinajstić information content (AvgIpc) is 2.73. The zero-order valence-electron chi connectivity index (χ0n) is 16.9. The number of sulfonamides is 1. The molecule has 3 rings (SSSR count). The van der Waals surface area contributed by atoms with Gasteiger partial charge >= 0.3 is 0 Å². The van der Waals surface area contributed by atoms with Crippen molar-refractivity contribution in [2.75, 3.05) is 26.2 Å². The number of rotatable bonds is 7. The lowest BCUT2D eigenvalue weighted by Gasteiger charge is -2.32. The number of para-hydroxylation sites is 1. The standard InChI is InChI=1S/C22H28N2O4S/c1-17-8-9-18(2)21(14-17)29(26,27)23-15-19-10-12-24(13-11-19)22(25)16-28-20-6-4-3-5-7-20/h3-9,14,19,23H,10-13,15-16H2,1-2H3. The number of nitrogens with one attached hydrogen (secondary N) is 1. The molecule has 0 saturated carbocycles. The van der Waals surface area contributed by atoms with Crippen LogP contribution in [0, 0.1) is 19.8 Å². The molecule has 0 radical (unpaired) electrons. The van der Waals surface area contributed by atoms with Crippen molar-refractivity contribution in [3.8, 4) is 5.75 Å². The number of nitrogens with zero attached hydrogens (tertiary/aromatic N) is 1. The lowest BCUT2D eigenvalue weighted by molar-refractivity contribution is -0.134. The molecule has 0 aliphatic carbocycles. The van der Waals surface area contributed by atoms with Crippen LogP contribution < -0.4 is 9.46 Å². The maximum atomic E-state index is 12.6. The largest absolute Gasteiger partial charge is 0.484 e. The van der Waals surface area contributed by atoms with E-state index in [9.17, 15) is 13.2 Å². The van der Waals surface area contributed by atoms with Crippen molar-refractivity contribution in [2.45, 2.75) is 31.6 Å². The van der Waals surface area contributed by atoms with Crippen LogP contribution in [0.5, 0.6) is 5.75 Å². The minimum atomic E-state index is -3.53. The molecule has 1 aliphatic rings. The Bertz CT molecular complexity index is 937. The Kier molecular flexibility index (Phi) is 6.92. The fourth-order valence-corrected chi connectivity index (χ4v) is 4.89. The zero-order valence-corrected chi connectivity index (χ0v) is 17.7. The zero-order chi connectivity index (χ0) is 20.9. The van der Waals surface area contributed by atoms with Gasteiger partial charge in [0.05, 0.1) is 4.90 Å². The first-order chi connectivity index (χ1) is 13.8. The van der Waals surface area contributed by atoms with Gasteiger partial charge in [-0.05, 0) is 61.9 Å². The summed E-state index contributed by atoms with van der Waals surface area (Å²) in [5.41, 5.74) is 1.66. The van der Waals surface area contributed by atoms with Crippen LogP contribution in [-0.4, -0.2) is 45.5 Å². The molecule has 2 aromatic rings. The third-order valence-corrected chi connectivity index (χ3v) is 6.83. The molecule has 2 aromatic carbocycles. The van der Waals surface area contributed by atoms with Crippen molar-refractivity contribution in [1.29, 1.82) is 0 Å². The molecule has 1 fully saturated rings. The van der Waals surface area contributed by atoms with Gasteiger partial charge in [0.1, 0.15) is 5.75 Å². The highest BCUT2D eigenvalue weighted by molar-refractivity contribution is 7.89. The number of piperidine rings is 1. The highest BCUT2D eigenvalue weighted by Gasteiger charge is 2.25. The van der Waals surface area contributed by atoms with E-state index in [4.69, 9.17) is 4.74 Å². The number of hydrogen-bond donors (Lipinski definition) is 1. The maximum absolute atomic E-state index is 12.6. The fourth-order valence-electron chi connectivity index (χ4n) is 3.44. The number of carbonyl (C=O) groups is 1. The summed E-state index contributed by atoms with van der Waals surface area (Å²) in [5.74, 6) is 0.855. The summed E-state index contributed by atoms with van der Waals surface area (Å²) in [7, 11) is -3.53. The summed E-state index contributed by atoms with van der Waals surface area (Å²) in [6.45, 7) is 5.33. The van der Waals surface area contributed by atoms with Gasteiger partial charge in [-0.1, -0.05) is 30.3 Å². The first-order valence-electron chi connectivity index (χ1n) is 9.88. The van der Waals surface area contributed by atoms with E-state index < -0.39 is 10.0 Å². The van der Waals surface area contributed by atoms with Crippen LogP contribution in [0.15, 0.2) is 53.4 Å². The van der Waals surface area contributed by atoms with E-state index in [1.807, 2.05) is 49.4 Å². The second-order valence-electron chi connectivity index (χ2n) is 7.55. The molecule has 6 nitrogen and oxygen atoms in total. The lowest BCUT2D eigenvalue weighted by Crippen LogP contribution is -2.43. The summed E-state index contributed by atoms with van der Waals surface area (Å²) >= 11 is 0. The van der Waals surface area contributed by atoms with E-state index in [-0.39, 0.29) is 18.4 Å². The minimum absolute atomic E-state index is 0.0218. The summed E-state index contributed by atoms with van der Waals surface area (Å²) in [6, 6.07) is 14.7. The number of carbonyl (C=O) groups excluding carboxylic acids is 1. The van der Waals surface area contributed by atoms with Crippen LogP contribution in [0.2, 0.25) is 0 Å². The van der Waals surface area contributed by atoms with E-state index in [0.717, 1.165) is 24.0 Å². The smallest absolute Gasteiger partial charge is 0.260 e. The normalized spacial score (nSPS) is 15.3. The topological polar surface area (TPSA) is 75.7 Å². The second-order valence-corrected chi connectivity index (χ2v) is 9.28. The molecular weight excluding hydrogens is 388 g/mol. The van der Waals surface area contributed by atoms with Gasteiger partial charge < -0.3 is 9.64 Å². The minimum Gasteiger partial charge on any atom is -0.484 e. The maximum Gasteiger partial charge on any atom is 0.260 e. The Balaban J connectivity index is 1.46. The molecule has 0 unspecified atom stereocenters. The fraction of sp³-hybridized carbons (Fsp3) is 0.409. The number of hydrogen-bond acceptors (Lipinski definition) is 4. The molecule has 1 amide bonds. The quantitative estimate of drug-likeness (QED) is 0.753. The van der Waals surface area contributed by atoms with Gasteiger partial charge in [0, 0.05) is 19.6 Å². The van der Waals surface area contributed by atoms with Gasteiger partial charge in [0.25, 0.3) is 5.91 Å². The van der Waals surface area contributed by atoms with Crippen LogP contribution in [0.3, 0.4) is 0 Å². The third-order valence-electron chi connectivity index (χ3n) is 5.27. The molecule has 1 saturated heterocycles. The molecule has 1 heterocycles. The number of amides is 1. The first-order valence-corrected chi connectivity index (χ1v) is 11.4. The van der Waals surface area contributed by atoms with Gasteiger partial charge in [-0.3, -0.25) is 4.79 Å². The van der Waals surface area contributed by atoms with Crippen LogP contribution in [0.1, 0.15) is 24.0 Å². The molecule has 0 bridgehead atoms. The van der Waals surface area contributed by atoms with Crippen LogP contribution in [0.25, 0.3) is 0 Å². The van der Waals surface area contributed by atoms with Gasteiger partial charge in [0.2, 0.25) is 10.0 Å². The highest BCUT2D eigenvalue weighted by atomic mass is 32.2. The van der Waals surface area contributed by atoms with E-state index >= 15 is 0 Å². The van der Waals surface area contributed by atoms with Crippen molar-refractivity contribution in [3.63, 3.8) is 0 Å². The third kappa shape index (κ3) is 5.81. The van der Waals surface area contributed by atoms with E-state index in [2.05, 4.69) is 4.72 Å². The number of likely N-dealkylation sites (tertiary alicyclic amines) is 1. The first kappa shape index (κ1) is 21.3. The summed E-state index contributed by atoms with van der Waals surface area (Å²) < 4.78 is 33.6. The Hall–Kier alpha value is -2.38. The Morgan fingerprint density at radius 2 is 1.79 bits per heavy atom. The van der Waals surface area contributed by atoms with Crippen molar-refractivity contribution in [1.82, 2.24) is 9.62 Å². The predicted octanol–water partition coefficient (Wildman–Crippen LogP) is 2.90. The van der Waals surface area contributed by atoms with Crippen molar-refractivity contribution in [3.05, 3.63) is 59.7 Å². The van der Waals surface area contributed by atoms with Crippen molar-refractivity contribution >= 4 is 15.9 Å². The molecule has 7 heteroatoms. The molecule has 1 N–H and O–H groups in total. The SMILES string of the molecule is Cc1ccc(C)c(S(=O)(=O)NCC2CCN(C(=O)COc3ccccc3)CC2)c1.